The first-order valence-corrected chi connectivity index (χ1v) is 11.3. The number of hydrogen-bond acceptors (Lipinski definition) is 3. The van der Waals surface area contributed by atoms with E-state index in [1.807, 2.05) is 0 Å². The van der Waals surface area contributed by atoms with Crippen LogP contribution in [-0.2, 0) is 30.2 Å². The van der Waals surface area contributed by atoms with Crippen LogP contribution in [0.2, 0.25) is 0 Å². The first-order chi connectivity index (χ1) is 17.0. The molecule has 3 aromatic rings. The summed E-state index contributed by atoms with van der Waals surface area (Å²) in [6.45, 7) is 0.538. The van der Waals surface area contributed by atoms with E-state index in [9.17, 15) is 31.1 Å². The topological polar surface area (TPSA) is 47.4 Å². The molecule has 5 nitrogen and oxygen atoms in total. The Kier molecular flexibility index (Phi) is 7.39. The molecule has 36 heavy (non-hydrogen) atoms. The van der Waals surface area contributed by atoms with Crippen molar-refractivity contribution in [3.8, 4) is 0 Å². The number of carbonyl (C=O) groups is 1. The number of alkyl halides is 6. The van der Waals surface area contributed by atoms with Crippen molar-refractivity contribution >= 4 is 5.91 Å². The number of halogens is 6. The summed E-state index contributed by atoms with van der Waals surface area (Å²) in [5, 5.41) is 0. The first kappa shape index (κ1) is 25.7. The lowest BCUT2D eigenvalue weighted by Gasteiger charge is -2.26. The summed E-state index contributed by atoms with van der Waals surface area (Å²) in [7, 11) is 0. The second-order valence-corrected chi connectivity index (χ2v) is 8.52. The van der Waals surface area contributed by atoms with Gasteiger partial charge in [-0.25, -0.2) is 4.98 Å². The minimum atomic E-state index is -4.53. The van der Waals surface area contributed by atoms with E-state index >= 15 is 0 Å². The zero-order chi connectivity index (χ0) is 25.9. The zero-order valence-electron chi connectivity index (χ0n) is 19.0. The van der Waals surface area contributed by atoms with E-state index in [2.05, 4.69) is 4.98 Å². The lowest BCUT2D eigenvalue weighted by atomic mass is 10.1. The van der Waals surface area contributed by atoms with Gasteiger partial charge in [-0.3, -0.25) is 4.79 Å². The number of aromatic nitrogens is 2. The van der Waals surface area contributed by atoms with Crippen LogP contribution in [0.3, 0.4) is 0 Å². The summed E-state index contributed by atoms with van der Waals surface area (Å²) < 4.78 is 86.3. The Labute approximate surface area is 203 Å². The van der Waals surface area contributed by atoms with E-state index < -0.39 is 29.4 Å². The quantitative estimate of drug-likeness (QED) is 0.378. The van der Waals surface area contributed by atoms with Gasteiger partial charge in [0.2, 0.25) is 0 Å². The number of benzene rings is 2. The number of nitrogens with zero attached hydrogens (tertiary/aromatic N) is 3. The van der Waals surface area contributed by atoms with Gasteiger partial charge in [-0.05, 0) is 48.7 Å². The van der Waals surface area contributed by atoms with E-state index in [-0.39, 0.29) is 36.9 Å². The summed E-state index contributed by atoms with van der Waals surface area (Å²) in [6, 6.07) is 9.11. The fourth-order valence-corrected chi connectivity index (χ4v) is 4.16. The molecule has 1 aromatic heterocycles. The molecule has 192 valence electrons. The number of rotatable bonds is 7. The van der Waals surface area contributed by atoms with Gasteiger partial charge >= 0.3 is 12.4 Å². The third kappa shape index (κ3) is 6.07. The molecule has 1 atom stereocenters. The van der Waals surface area contributed by atoms with Gasteiger partial charge in [-0.1, -0.05) is 18.2 Å². The highest BCUT2D eigenvalue weighted by Crippen LogP contribution is 2.32. The minimum Gasteiger partial charge on any atom is -0.376 e. The Bertz CT molecular complexity index is 1180. The average molecular weight is 511 g/mol. The van der Waals surface area contributed by atoms with Crippen LogP contribution >= 0.6 is 0 Å². The Balaban J connectivity index is 1.58. The molecule has 2 heterocycles. The highest BCUT2D eigenvalue weighted by atomic mass is 19.4. The van der Waals surface area contributed by atoms with Crippen molar-refractivity contribution in [2.75, 3.05) is 13.2 Å². The molecule has 0 radical (unpaired) electrons. The zero-order valence-corrected chi connectivity index (χ0v) is 19.0. The van der Waals surface area contributed by atoms with Crippen molar-refractivity contribution in [2.45, 2.75) is 44.4 Å². The SMILES string of the molecule is O=C(c1ccc(C(F)(F)F)cc1)N(Cc1nccn1Cc1ccccc1C(F)(F)F)CC1CCCO1. The Morgan fingerprint density at radius 3 is 2.39 bits per heavy atom. The fourth-order valence-electron chi connectivity index (χ4n) is 4.16. The van der Waals surface area contributed by atoms with E-state index in [1.165, 1.54) is 40.1 Å². The third-order valence-electron chi connectivity index (χ3n) is 5.99. The molecule has 4 rings (SSSR count). The van der Waals surface area contributed by atoms with Crippen LogP contribution in [0.25, 0.3) is 0 Å². The highest BCUT2D eigenvalue weighted by molar-refractivity contribution is 5.94. The van der Waals surface area contributed by atoms with Gasteiger partial charge in [0, 0.05) is 37.7 Å². The van der Waals surface area contributed by atoms with Gasteiger partial charge in [0.25, 0.3) is 5.91 Å². The van der Waals surface area contributed by atoms with Crippen LogP contribution in [0.1, 0.15) is 45.7 Å². The smallest absolute Gasteiger partial charge is 0.376 e. The molecule has 1 aliphatic heterocycles. The number of imidazole rings is 1. The number of carbonyl (C=O) groups excluding carboxylic acids is 1. The highest BCUT2D eigenvalue weighted by Gasteiger charge is 2.33. The molecule has 1 unspecified atom stereocenters. The maximum absolute atomic E-state index is 13.4. The number of ether oxygens (including phenoxy) is 1. The van der Waals surface area contributed by atoms with Crippen LogP contribution in [-0.4, -0.2) is 39.6 Å². The lowest BCUT2D eigenvalue weighted by Crippen LogP contribution is -2.37. The Morgan fingerprint density at radius 1 is 1.03 bits per heavy atom. The summed E-state index contributed by atoms with van der Waals surface area (Å²) in [5.74, 6) is -0.185. The van der Waals surface area contributed by atoms with Crippen molar-refractivity contribution < 1.29 is 35.9 Å². The van der Waals surface area contributed by atoms with Gasteiger partial charge in [-0.15, -0.1) is 0 Å². The molecule has 1 fully saturated rings. The molecular weight excluding hydrogens is 488 g/mol. The van der Waals surface area contributed by atoms with Crippen molar-refractivity contribution in [1.29, 1.82) is 0 Å². The molecule has 0 bridgehead atoms. The minimum absolute atomic E-state index is 0.0454. The molecule has 11 heteroatoms. The van der Waals surface area contributed by atoms with Crippen molar-refractivity contribution in [2.24, 2.45) is 0 Å². The molecule has 0 aliphatic carbocycles. The van der Waals surface area contributed by atoms with E-state index in [1.54, 1.807) is 0 Å². The fraction of sp³-hybridized carbons (Fsp3) is 0.360. The Morgan fingerprint density at radius 2 is 1.75 bits per heavy atom. The maximum atomic E-state index is 13.4. The van der Waals surface area contributed by atoms with Crippen LogP contribution in [0.4, 0.5) is 26.3 Å². The maximum Gasteiger partial charge on any atom is 0.416 e. The molecule has 0 saturated carbocycles. The largest absolute Gasteiger partial charge is 0.416 e. The standard InChI is InChI=1S/C25H23F6N3O2/c26-24(27,28)19-9-7-17(8-10-19)23(35)34(15-20-5-3-13-36-20)16-22-32-11-12-33(22)14-18-4-1-2-6-21(18)25(29,30)31/h1-2,4,6-12,20H,3,5,13-16H2. The van der Waals surface area contributed by atoms with Crippen molar-refractivity contribution in [1.82, 2.24) is 14.5 Å². The predicted octanol–water partition coefficient (Wildman–Crippen LogP) is 5.79. The molecule has 1 amide bonds. The molecule has 0 N–H and O–H groups in total. The van der Waals surface area contributed by atoms with Gasteiger partial charge in [0.15, 0.2) is 0 Å². The van der Waals surface area contributed by atoms with E-state index in [0.717, 1.165) is 36.8 Å². The van der Waals surface area contributed by atoms with E-state index in [0.29, 0.717) is 18.9 Å². The van der Waals surface area contributed by atoms with Gasteiger partial charge in [0.1, 0.15) is 5.82 Å². The number of hydrogen-bond donors (Lipinski definition) is 0. The molecule has 2 aromatic carbocycles. The number of amides is 1. The first-order valence-electron chi connectivity index (χ1n) is 11.3. The molecule has 1 saturated heterocycles. The lowest BCUT2D eigenvalue weighted by molar-refractivity contribution is -0.138. The normalized spacial score (nSPS) is 16.3. The van der Waals surface area contributed by atoms with Crippen molar-refractivity contribution in [3.63, 3.8) is 0 Å². The summed E-state index contributed by atoms with van der Waals surface area (Å²) in [5.41, 5.74) is -1.53. The van der Waals surface area contributed by atoms with Crippen LogP contribution in [0.15, 0.2) is 60.9 Å². The van der Waals surface area contributed by atoms with E-state index in [4.69, 9.17) is 4.74 Å². The third-order valence-corrected chi connectivity index (χ3v) is 5.99. The monoisotopic (exact) mass is 511 g/mol. The second kappa shape index (κ2) is 10.3. The van der Waals surface area contributed by atoms with Crippen LogP contribution in [0, 0.1) is 0 Å². The molecular formula is C25H23F6N3O2. The van der Waals surface area contributed by atoms with Gasteiger partial charge < -0.3 is 14.2 Å². The summed E-state index contributed by atoms with van der Waals surface area (Å²) in [4.78, 5) is 18.9. The molecule has 0 spiro atoms. The molecule has 1 aliphatic rings. The Hall–Kier alpha value is -3.34. The summed E-state index contributed by atoms with van der Waals surface area (Å²) >= 11 is 0. The predicted molar refractivity (Wildman–Crippen MR) is 118 cm³/mol. The summed E-state index contributed by atoms with van der Waals surface area (Å²) in [6.07, 6.45) is -4.83. The van der Waals surface area contributed by atoms with Crippen LogP contribution < -0.4 is 0 Å². The van der Waals surface area contributed by atoms with Gasteiger partial charge in [-0.2, -0.15) is 26.3 Å². The van der Waals surface area contributed by atoms with Crippen molar-refractivity contribution in [3.05, 3.63) is 89.0 Å². The van der Waals surface area contributed by atoms with Crippen LogP contribution in [0.5, 0.6) is 0 Å². The second-order valence-electron chi connectivity index (χ2n) is 8.52. The van der Waals surface area contributed by atoms with Gasteiger partial charge in [0.05, 0.1) is 23.8 Å². The average Bonchev–Trinajstić information content (AvgIpc) is 3.50.